The maximum absolute atomic E-state index is 13.2. The number of carbonyl (C=O) groups excluding carboxylic acids is 1. The van der Waals surface area contributed by atoms with Gasteiger partial charge in [0, 0.05) is 24.1 Å². The SMILES string of the molecule is CCN(CC)C(=O)CN(Cc1ccc(C)cc1)S(=O)(=O)c1ccc(Br)cc1. The van der Waals surface area contributed by atoms with Crippen molar-refractivity contribution in [3.8, 4) is 0 Å². The fraction of sp³-hybridized carbons (Fsp3) is 0.350. The lowest BCUT2D eigenvalue weighted by Crippen LogP contribution is -2.42. The summed E-state index contributed by atoms with van der Waals surface area (Å²) in [5.41, 5.74) is 1.94. The van der Waals surface area contributed by atoms with Crippen LogP contribution in [0.15, 0.2) is 57.9 Å². The minimum absolute atomic E-state index is 0.145. The van der Waals surface area contributed by atoms with E-state index in [-0.39, 0.29) is 23.9 Å². The van der Waals surface area contributed by atoms with Gasteiger partial charge in [-0.3, -0.25) is 4.79 Å². The van der Waals surface area contributed by atoms with Crippen LogP contribution in [0.25, 0.3) is 0 Å². The molecule has 2 aromatic rings. The van der Waals surface area contributed by atoms with Crippen LogP contribution < -0.4 is 0 Å². The van der Waals surface area contributed by atoms with Crippen LogP contribution in [0.3, 0.4) is 0 Å². The Morgan fingerprint density at radius 2 is 1.52 bits per heavy atom. The quantitative estimate of drug-likeness (QED) is 0.611. The highest BCUT2D eigenvalue weighted by atomic mass is 79.9. The van der Waals surface area contributed by atoms with Crippen molar-refractivity contribution in [2.45, 2.75) is 32.2 Å². The van der Waals surface area contributed by atoms with E-state index in [4.69, 9.17) is 0 Å². The number of benzene rings is 2. The molecule has 7 heteroatoms. The topological polar surface area (TPSA) is 57.7 Å². The van der Waals surface area contributed by atoms with Crippen LogP contribution in [-0.4, -0.2) is 43.2 Å². The van der Waals surface area contributed by atoms with Gasteiger partial charge in [0.2, 0.25) is 15.9 Å². The third kappa shape index (κ3) is 5.64. The van der Waals surface area contributed by atoms with Crippen LogP contribution in [0.1, 0.15) is 25.0 Å². The second-order valence-electron chi connectivity index (χ2n) is 6.28. The van der Waals surface area contributed by atoms with Crippen molar-refractivity contribution in [2.24, 2.45) is 0 Å². The van der Waals surface area contributed by atoms with Gasteiger partial charge in [0.1, 0.15) is 0 Å². The molecule has 0 N–H and O–H groups in total. The zero-order valence-corrected chi connectivity index (χ0v) is 18.3. The predicted octanol–water partition coefficient (Wildman–Crippen LogP) is 3.82. The molecule has 0 spiro atoms. The summed E-state index contributed by atoms with van der Waals surface area (Å²) in [5.74, 6) is -0.201. The van der Waals surface area contributed by atoms with Gasteiger partial charge in [-0.05, 0) is 50.6 Å². The molecule has 0 unspecified atom stereocenters. The number of aryl methyl sites for hydroxylation is 1. The van der Waals surface area contributed by atoms with Crippen LogP contribution in [0, 0.1) is 6.92 Å². The summed E-state index contributed by atoms with van der Waals surface area (Å²) in [4.78, 5) is 14.4. The van der Waals surface area contributed by atoms with Crippen molar-refractivity contribution in [2.75, 3.05) is 19.6 Å². The Bertz CT molecular complexity index is 861. The van der Waals surface area contributed by atoms with E-state index in [2.05, 4.69) is 15.9 Å². The standard InChI is InChI=1S/C20H25BrN2O3S/c1-4-22(5-2)20(24)15-23(14-17-8-6-16(3)7-9-17)27(25,26)19-12-10-18(21)11-13-19/h6-13H,4-5,14-15H2,1-3H3. The maximum Gasteiger partial charge on any atom is 0.243 e. The van der Waals surface area contributed by atoms with Gasteiger partial charge in [0.15, 0.2) is 0 Å². The summed E-state index contributed by atoms with van der Waals surface area (Å²) in [6, 6.07) is 14.1. The van der Waals surface area contributed by atoms with E-state index in [1.807, 2.05) is 45.0 Å². The largest absolute Gasteiger partial charge is 0.342 e. The first-order valence-corrected chi connectivity index (χ1v) is 11.1. The van der Waals surface area contributed by atoms with Gasteiger partial charge in [0.05, 0.1) is 11.4 Å². The van der Waals surface area contributed by atoms with E-state index in [0.29, 0.717) is 13.1 Å². The fourth-order valence-corrected chi connectivity index (χ4v) is 4.35. The molecule has 0 fully saturated rings. The molecule has 27 heavy (non-hydrogen) atoms. The molecule has 0 aromatic heterocycles. The molecule has 0 radical (unpaired) electrons. The monoisotopic (exact) mass is 452 g/mol. The highest BCUT2D eigenvalue weighted by molar-refractivity contribution is 9.10. The minimum Gasteiger partial charge on any atom is -0.342 e. The molecule has 0 saturated heterocycles. The van der Waals surface area contributed by atoms with Crippen LogP contribution in [0.2, 0.25) is 0 Å². The summed E-state index contributed by atoms with van der Waals surface area (Å²) < 4.78 is 28.4. The van der Waals surface area contributed by atoms with Gasteiger partial charge >= 0.3 is 0 Å². The zero-order valence-electron chi connectivity index (χ0n) is 15.9. The summed E-state index contributed by atoms with van der Waals surface area (Å²) >= 11 is 3.32. The van der Waals surface area contributed by atoms with E-state index >= 15 is 0 Å². The Morgan fingerprint density at radius 1 is 0.963 bits per heavy atom. The van der Waals surface area contributed by atoms with Crippen molar-refractivity contribution in [1.82, 2.24) is 9.21 Å². The van der Waals surface area contributed by atoms with Crippen molar-refractivity contribution < 1.29 is 13.2 Å². The molecule has 0 aliphatic heterocycles. The summed E-state index contributed by atoms with van der Waals surface area (Å²) in [7, 11) is -3.81. The van der Waals surface area contributed by atoms with Crippen molar-refractivity contribution >= 4 is 31.9 Å². The Balaban J connectivity index is 2.36. The molecular weight excluding hydrogens is 428 g/mol. The molecule has 5 nitrogen and oxygen atoms in total. The summed E-state index contributed by atoms with van der Waals surface area (Å²) in [6.45, 7) is 6.80. The minimum atomic E-state index is -3.81. The zero-order chi connectivity index (χ0) is 20.0. The van der Waals surface area contributed by atoms with Gasteiger partial charge in [-0.2, -0.15) is 4.31 Å². The average Bonchev–Trinajstić information content (AvgIpc) is 2.64. The molecular formula is C20H25BrN2O3S. The van der Waals surface area contributed by atoms with Crippen LogP contribution in [-0.2, 0) is 21.4 Å². The number of halogens is 1. The first-order chi connectivity index (χ1) is 12.8. The highest BCUT2D eigenvalue weighted by Gasteiger charge is 2.28. The third-order valence-electron chi connectivity index (χ3n) is 4.36. The van der Waals surface area contributed by atoms with Gasteiger partial charge in [-0.1, -0.05) is 45.8 Å². The van der Waals surface area contributed by atoms with Crippen LogP contribution >= 0.6 is 15.9 Å². The molecule has 0 heterocycles. The molecule has 0 bridgehead atoms. The predicted molar refractivity (Wildman–Crippen MR) is 111 cm³/mol. The maximum atomic E-state index is 13.2. The highest BCUT2D eigenvalue weighted by Crippen LogP contribution is 2.21. The van der Waals surface area contributed by atoms with Crippen molar-refractivity contribution in [3.63, 3.8) is 0 Å². The molecule has 0 aliphatic carbocycles. The average molecular weight is 453 g/mol. The molecule has 0 saturated carbocycles. The lowest BCUT2D eigenvalue weighted by Gasteiger charge is -2.26. The van der Waals surface area contributed by atoms with Crippen LogP contribution in [0.4, 0.5) is 0 Å². The number of carbonyl (C=O) groups is 1. The second-order valence-corrected chi connectivity index (χ2v) is 9.13. The van der Waals surface area contributed by atoms with Crippen molar-refractivity contribution in [1.29, 1.82) is 0 Å². The number of hydrogen-bond acceptors (Lipinski definition) is 3. The van der Waals surface area contributed by atoms with E-state index < -0.39 is 10.0 Å². The van der Waals surface area contributed by atoms with Gasteiger partial charge in [-0.15, -0.1) is 0 Å². The second kappa shape index (κ2) is 9.48. The lowest BCUT2D eigenvalue weighted by atomic mass is 10.1. The molecule has 2 aromatic carbocycles. The van der Waals surface area contributed by atoms with Crippen LogP contribution in [0.5, 0.6) is 0 Å². The van der Waals surface area contributed by atoms with Gasteiger partial charge in [-0.25, -0.2) is 8.42 Å². The normalized spacial score (nSPS) is 11.6. The number of nitrogens with zero attached hydrogens (tertiary/aromatic N) is 2. The summed E-state index contributed by atoms with van der Waals surface area (Å²) in [5, 5.41) is 0. The summed E-state index contributed by atoms with van der Waals surface area (Å²) in [6.07, 6.45) is 0. The Hall–Kier alpha value is -1.70. The number of amides is 1. The molecule has 0 atom stereocenters. The number of likely N-dealkylation sites (N-methyl/N-ethyl adjacent to an activating group) is 1. The Kier molecular flexibility index (Phi) is 7.59. The number of sulfonamides is 1. The smallest absolute Gasteiger partial charge is 0.243 e. The fourth-order valence-electron chi connectivity index (χ4n) is 2.71. The molecule has 1 amide bonds. The van der Waals surface area contributed by atoms with E-state index in [1.54, 1.807) is 29.2 Å². The van der Waals surface area contributed by atoms with Crippen molar-refractivity contribution in [3.05, 3.63) is 64.1 Å². The van der Waals surface area contributed by atoms with Gasteiger partial charge in [0.25, 0.3) is 0 Å². The number of hydrogen-bond donors (Lipinski definition) is 0. The Morgan fingerprint density at radius 3 is 2.04 bits per heavy atom. The molecule has 2 rings (SSSR count). The molecule has 146 valence electrons. The van der Waals surface area contributed by atoms with Gasteiger partial charge < -0.3 is 4.90 Å². The number of rotatable bonds is 8. The van der Waals surface area contributed by atoms with E-state index in [9.17, 15) is 13.2 Å². The first-order valence-electron chi connectivity index (χ1n) is 8.87. The van der Waals surface area contributed by atoms with E-state index in [0.717, 1.165) is 15.6 Å². The van der Waals surface area contributed by atoms with E-state index in [1.165, 1.54) is 4.31 Å². The molecule has 0 aliphatic rings. The lowest BCUT2D eigenvalue weighted by molar-refractivity contribution is -0.131. The first kappa shape index (κ1) is 21.6. The third-order valence-corrected chi connectivity index (χ3v) is 6.69. The Labute approximate surface area is 170 Å².